The van der Waals surface area contributed by atoms with E-state index in [0.29, 0.717) is 12.1 Å². The van der Waals surface area contributed by atoms with E-state index in [4.69, 9.17) is 10.2 Å². The van der Waals surface area contributed by atoms with Gasteiger partial charge in [0.05, 0.1) is 5.54 Å². The number of hydrogen-bond acceptors (Lipinski definition) is 5. The lowest BCUT2D eigenvalue weighted by molar-refractivity contribution is 0.109. The number of amides is 2. The number of benzene rings is 2. The average molecular weight is 495 g/mol. The summed E-state index contributed by atoms with van der Waals surface area (Å²) in [5.74, 6) is -2.17. The van der Waals surface area contributed by atoms with Gasteiger partial charge < -0.3 is 15.1 Å². The molecule has 0 bridgehead atoms. The number of primary amides is 1. The third-order valence-corrected chi connectivity index (χ3v) is 7.44. The first kappa shape index (κ1) is 24.1. The van der Waals surface area contributed by atoms with Crippen LogP contribution in [-0.4, -0.2) is 38.2 Å². The van der Waals surface area contributed by atoms with E-state index in [0.717, 1.165) is 6.07 Å². The Hall–Kier alpha value is -3.08. The van der Waals surface area contributed by atoms with E-state index in [1.165, 1.54) is 29.2 Å². The minimum atomic E-state index is -2.94. The largest absolute Gasteiger partial charge is 0.415 e. The molecule has 1 aliphatic rings. The van der Waals surface area contributed by atoms with E-state index in [-0.39, 0.29) is 33.9 Å². The maximum atomic E-state index is 15.3. The van der Waals surface area contributed by atoms with Gasteiger partial charge in [-0.1, -0.05) is 32.0 Å². The smallest absolute Gasteiger partial charge is 0.315 e. The standard InChI is InChI=1S/C23H22F4N4O2S/c1-12-11-31(22(28)32)23(13(2)34-12,16-5-7-17(24)8-6-16)10-15-4-3-14(9-18(15)25)20-29-30-21(33-20)19(26)27/h3-9,12-13,19H,10-11H2,1-2H3,(H2,28,32). The van der Waals surface area contributed by atoms with Crippen LogP contribution >= 0.6 is 11.8 Å². The fourth-order valence-electron chi connectivity index (χ4n) is 4.45. The molecule has 3 aromatic rings. The molecule has 1 aromatic heterocycles. The topological polar surface area (TPSA) is 85.2 Å². The summed E-state index contributed by atoms with van der Waals surface area (Å²) >= 11 is 1.63. The van der Waals surface area contributed by atoms with Crippen molar-refractivity contribution in [1.29, 1.82) is 0 Å². The first-order valence-electron chi connectivity index (χ1n) is 10.5. The van der Waals surface area contributed by atoms with Crippen molar-refractivity contribution in [2.75, 3.05) is 6.54 Å². The molecule has 0 saturated carbocycles. The third kappa shape index (κ3) is 4.36. The second-order valence-electron chi connectivity index (χ2n) is 8.20. The number of thioether (sulfide) groups is 1. The molecule has 0 spiro atoms. The van der Waals surface area contributed by atoms with Gasteiger partial charge in [-0.05, 0) is 35.4 Å². The zero-order chi connectivity index (χ0) is 24.6. The van der Waals surface area contributed by atoms with Crippen LogP contribution in [-0.2, 0) is 12.0 Å². The van der Waals surface area contributed by atoms with Gasteiger partial charge in [0.1, 0.15) is 11.6 Å². The van der Waals surface area contributed by atoms with Crippen molar-refractivity contribution in [3.63, 3.8) is 0 Å². The van der Waals surface area contributed by atoms with Crippen molar-refractivity contribution in [1.82, 2.24) is 15.1 Å². The zero-order valence-corrected chi connectivity index (χ0v) is 19.2. The van der Waals surface area contributed by atoms with Crippen LogP contribution in [0.5, 0.6) is 0 Å². The Labute approximate surface area is 197 Å². The molecular formula is C23H22F4N4O2S. The van der Waals surface area contributed by atoms with Crippen molar-refractivity contribution in [3.8, 4) is 11.5 Å². The Morgan fingerprint density at radius 2 is 1.91 bits per heavy atom. The molecule has 3 atom stereocenters. The fraction of sp³-hybridized carbons (Fsp3) is 0.348. The van der Waals surface area contributed by atoms with Gasteiger partial charge in [-0.15, -0.1) is 10.2 Å². The van der Waals surface area contributed by atoms with Gasteiger partial charge in [0.25, 0.3) is 5.89 Å². The minimum absolute atomic E-state index is 0.0562. The Morgan fingerprint density at radius 1 is 1.21 bits per heavy atom. The molecule has 3 unspecified atom stereocenters. The molecule has 2 heterocycles. The van der Waals surface area contributed by atoms with Gasteiger partial charge in [-0.2, -0.15) is 20.5 Å². The van der Waals surface area contributed by atoms with Crippen molar-refractivity contribution >= 4 is 17.8 Å². The predicted octanol–water partition coefficient (Wildman–Crippen LogP) is 5.29. The van der Waals surface area contributed by atoms with Crippen LogP contribution in [0.25, 0.3) is 11.5 Å². The number of hydrogen-bond donors (Lipinski definition) is 1. The predicted molar refractivity (Wildman–Crippen MR) is 119 cm³/mol. The minimum Gasteiger partial charge on any atom is -0.415 e. The molecule has 11 heteroatoms. The molecule has 2 amide bonds. The second kappa shape index (κ2) is 9.28. The lowest BCUT2D eigenvalue weighted by Crippen LogP contribution is -2.62. The summed E-state index contributed by atoms with van der Waals surface area (Å²) in [6.07, 6.45) is -2.88. The average Bonchev–Trinajstić information content (AvgIpc) is 3.28. The van der Waals surface area contributed by atoms with Crippen LogP contribution < -0.4 is 5.73 Å². The van der Waals surface area contributed by atoms with Crippen molar-refractivity contribution in [3.05, 3.63) is 71.1 Å². The van der Waals surface area contributed by atoms with Crippen molar-refractivity contribution < 1.29 is 26.8 Å². The van der Waals surface area contributed by atoms with Gasteiger partial charge in [0.2, 0.25) is 5.89 Å². The SMILES string of the molecule is CC1CN(C(N)=O)C(Cc2ccc(-c3nnc(C(F)F)o3)cc2F)(c2ccc(F)cc2)C(C)S1. The van der Waals surface area contributed by atoms with E-state index in [9.17, 15) is 18.0 Å². The Morgan fingerprint density at radius 3 is 2.50 bits per heavy atom. The molecule has 1 aliphatic heterocycles. The molecule has 2 aromatic carbocycles. The van der Waals surface area contributed by atoms with Gasteiger partial charge in [0.15, 0.2) is 0 Å². The summed E-state index contributed by atoms with van der Waals surface area (Å²) in [6, 6.07) is 9.17. The van der Waals surface area contributed by atoms with Gasteiger partial charge in [-0.25, -0.2) is 13.6 Å². The molecule has 180 valence electrons. The number of alkyl halides is 2. The maximum absolute atomic E-state index is 15.3. The Balaban J connectivity index is 1.77. The van der Waals surface area contributed by atoms with Crippen LogP contribution in [0.15, 0.2) is 46.9 Å². The lowest BCUT2D eigenvalue weighted by Gasteiger charge is -2.52. The van der Waals surface area contributed by atoms with Crippen molar-refractivity contribution in [2.24, 2.45) is 5.73 Å². The third-order valence-electron chi connectivity index (χ3n) is 6.03. The van der Waals surface area contributed by atoms with Crippen LogP contribution in [0.1, 0.15) is 37.3 Å². The van der Waals surface area contributed by atoms with Gasteiger partial charge in [-0.3, -0.25) is 0 Å². The number of urea groups is 1. The van der Waals surface area contributed by atoms with Crippen LogP contribution in [0.4, 0.5) is 22.4 Å². The summed E-state index contributed by atoms with van der Waals surface area (Å²) in [7, 11) is 0. The van der Waals surface area contributed by atoms with E-state index in [1.807, 2.05) is 13.8 Å². The quantitative estimate of drug-likeness (QED) is 0.487. The highest BCUT2D eigenvalue weighted by Gasteiger charge is 2.50. The molecule has 34 heavy (non-hydrogen) atoms. The van der Waals surface area contributed by atoms with Crippen LogP contribution in [0.2, 0.25) is 0 Å². The molecule has 1 saturated heterocycles. The van der Waals surface area contributed by atoms with E-state index < -0.39 is 35.5 Å². The highest BCUT2D eigenvalue weighted by Crippen LogP contribution is 2.47. The number of aromatic nitrogens is 2. The number of nitrogens with two attached hydrogens (primary N) is 1. The van der Waals surface area contributed by atoms with Gasteiger partial charge >= 0.3 is 12.5 Å². The lowest BCUT2D eigenvalue weighted by atomic mass is 9.78. The summed E-state index contributed by atoms with van der Waals surface area (Å²) < 4.78 is 59.4. The second-order valence-corrected chi connectivity index (χ2v) is 9.98. The highest BCUT2D eigenvalue weighted by atomic mass is 32.2. The fourth-order valence-corrected chi connectivity index (χ4v) is 5.96. The summed E-state index contributed by atoms with van der Waals surface area (Å²) in [5, 5.41) is 6.69. The molecule has 0 radical (unpaired) electrons. The van der Waals surface area contributed by atoms with Crippen LogP contribution in [0, 0.1) is 11.6 Å². The molecular weight excluding hydrogens is 472 g/mol. The number of carbonyl (C=O) groups excluding carboxylic acids is 1. The first-order valence-corrected chi connectivity index (χ1v) is 11.4. The number of carbonyl (C=O) groups is 1. The number of nitrogens with zero attached hydrogens (tertiary/aromatic N) is 3. The Bertz CT molecular complexity index is 1190. The molecule has 4 rings (SSSR count). The van der Waals surface area contributed by atoms with Crippen molar-refractivity contribution in [2.45, 2.75) is 42.7 Å². The van der Waals surface area contributed by atoms with Gasteiger partial charge in [0, 0.05) is 29.0 Å². The number of halogens is 4. The van der Waals surface area contributed by atoms with Crippen LogP contribution in [0.3, 0.4) is 0 Å². The molecule has 0 aliphatic carbocycles. The van der Waals surface area contributed by atoms with E-state index >= 15 is 4.39 Å². The van der Waals surface area contributed by atoms with E-state index in [2.05, 4.69) is 10.2 Å². The summed E-state index contributed by atoms with van der Waals surface area (Å²) in [5.41, 5.74) is 5.75. The molecule has 1 fully saturated rings. The normalized spacial score (nSPS) is 22.9. The number of rotatable bonds is 5. The monoisotopic (exact) mass is 494 g/mol. The summed E-state index contributed by atoms with van der Waals surface area (Å²) in [6.45, 7) is 4.23. The zero-order valence-electron chi connectivity index (χ0n) is 18.3. The Kier molecular flexibility index (Phi) is 6.57. The highest BCUT2D eigenvalue weighted by molar-refractivity contribution is 8.00. The first-order chi connectivity index (χ1) is 16.1. The maximum Gasteiger partial charge on any atom is 0.315 e. The molecule has 2 N–H and O–H groups in total. The molecule has 6 nitrogen and oxygen atoms in total. The van der Waals surface area contributed by atoms with E-state index in [1.54, 1.807) is 23.9 Å². The summed E-state index contributed by atoms with van der Waals surface area (Å²) in [4.78, 5) is 14.1.